The molecule has 2 amide bonds. The summed E-state index contributed by atoms with van der Waals surface area (Å²) in [7, 11) is 1.55. The van der Waals surface area contributed by atoms with Crippen molar-refractivity contribution < 1.29 is 24.2 Å². The van der Waals surface area contributed by atoms with Gasteiger partial charge in [-0.3, -0.25) is 9.59 Å². The highest BCUT2D eigenvalue weighted by Gasteiger charge is 2.19. The Labute approximate surface area is 248 Å². The number of amides is 2. The molecule has 3 aromatic carbocycles. The molecule has 1 heterocycles. The molecule has 0 spiro atoms. The number of para-hydroxylation sites is 1. The van der Waals surface area contributed by atoms with Crippen LogP contribution in [0.25, 0.3) is 10.2 Å². The molecule has 0 saturated heterocycles. The first kappa shape index (κ1) is 30.2. The Balaban J connectivity index is 1.40. The van der Waals surface area contributed by atoms with Crippen LogP contribution in [-0.4, -0.2) is 40.9 Å². The lowest BCUT2D eigenvalue weighted by Gasteiger charge is -2.19. The average Bonchev–Trinajstić information content (AvgIpc) is 3.35. The van der Waals surface area contributed by atoms with E-state index in [0.29, 0.717) is 28.3 Å². The summed E-state index contributed by atoms with van der Waals surface area (Å²) in [6.45, 7) is 7.87. The number of fused-ring (bicyclic) bond motifs is 1. The van der Waals surface area contributed by atoms with Crippen LogP contribution >= 0.6 is 23.1 Å². The summed E-state index contributed by atoms with van der Waals surface area (Å²) in [6.07, 6.45) is 2.03. The Kier molecular flexibility index (Phi) is 10.1. The standard InChI is InChI=1S/C31H35N3O5S2/c1-6-9-18(2)39-26-15-13-23(29(38-5)19(26)3)30(37)33-21-12-14-24-27(16-21)41-31(34-24)40-17-28(36)32-20(4)22-10-7-8-11-25(22)35/h7-8,10-16,18,20,35H,6,9,17H2,1-5H3,(H,32,36)(H,33,37). The van der Waals surface area contributed by atoms with Crippen molar-refractivity contribution in [3.8, 4) is 17.2 Å². The van der Waals surface area contributed by atoms with E-state index in [0.717, 1.165) is 33.0 Å². The summed E-state index contributed by atoms with van der Waals surface area (Å²) in [6, 6.07) is 15.7. The minimum Gasteiger partial charge on any atom is -0.508 e. The Morgan fingerprint density at radius 3 is 2.63 bits per heavy atom. The van der Waals surface area contributed by atoms with Gasteiger partial charge >= 0.3 is 0 Å². The number of aromatic hydroxyl groups is 1. The largest absolute Gasteiger partial charge is 0.508 e. The molecule has 8 nitrogen and oxygen atoms in total. The zero-order valence-corrected chi connectivity index (χ0v) is 25.4. The van der Waals surface area contributed by atoms with Gasteiger partial charge in [0.2, 0.25) is 5.91 Å². The first-order valence-electron chi connectivity index (χ1n) is 13.5. The van der Waals surface area contributed by atoms with Gasteiger partial charge in [0.25, 0.3) is 5.91 Å². The number of rotatable bonds is 12. The fourth-order valence-corrected chi connectivity index (χ4v) is 6.43. The van der Waals surface area contributed by atoms with Gasteiger partial charge < -0.3 is 25.2 Å². The van der Waals surface area contributed by atoms with Gasteiger partial charge in [0.15, 0.2) is 4.34 Å². The van der Waals surface area contributed by atoms with Crippen LogP contribution < -0.4 is 20.1 Å². The molecular formula is C31H35N3O5S2. The number of carbonyl (C=O) groups is 2. The van der Waals surface area contributed by atoms with Crippen molar-refractivity contribution in [2.75, 3.05) is 18.2 Å². The Bertz CT molecular complexity index is 1540. The van der Waals surface area contributed by atoms with Crippen LogP contribution in [-0.2, 0) is 4.79 Å². The number of phenols is 1. The van der Waals surface area contributed by atoms with Gasteiger partial charge in [-0.05, 0) is 63.6 Å². The number of phenolic OH excluding ortho intramolecular Hbond substituents is 1. The van der Waals surface area contributed by atoms with Crippen molar-refractivity contribution in [2.45, 2.75) is 57.0 Å². The number of benzene rings is 3. The highest BCUT2D eigenvalue weighted by molar-refractivity contribution is 8.01. The van der Waals surface area contributed by atoms with Crippen molar-refractivity contribution in [1.29, 1.82) is 0 Å². The third-order valence-corrected chi connectivity index (χ3v) is 8.72. The van der Waals surface area contributed by atoms with E-state index in [9.17, 15) is 14.7 Å². The van der Waals surface area contributed by atoms with Gasteiger partial charge in [0.05, 0.1) is 40.8 Å². The van der Waals surface area contributed by atoms with Gasteiger partial charge in [-0.2, -0.15) is 0 Å². The van der Waals surface area contributed by atoms with Gasteiger partial charge in [-0.15, -0.1) is 11.3 Å². The summed E-state index contributed by atoms with van der Waals surface area (Å²) in [5.74, 6) is 1.09. The van der Waals surface area contributed by atoms with E-state index in [1.165, 1.54) is 23.1 Å². The van der Waals surface area contributed by atoms with Gasteiger partial charge in [-0.1, -0.05) is 43.3 Å². The zero-order valence-electron chi connectivity index (χ0n) is 23.8. The number of thiazole rings is 1. The van der Waals surface area contributed by atoms with E-state index < -0.39 is 0 Å². The molecule has 41 heavy (non-hydrogen) atoms. The number of ether oxygens (including phenoxy) is 2. The number of nitrogens with one attached hydrogen (secondary N) is 2. The minimum atomic E-state index is -0.318. The van der Waals surface area contributed by atoms with Crippen molar-refractivity contribution in [3.63, 3.8) is 0 Å². The average molecular weight is 594 g/mol. The molecule has 0 radical (unpaired) electrons. The summed E-state index contributed by atoms with van der Waals surface area (Å²) in [5, 5.41) is 15.9. The van der Waals surface area contributed by atoms with E-state index >= 15 is 0 Å². The van der Waals surface area contributed by atoms with Crippen molar-refractivity contribution in [1.82, 2.24) is 10.3 Å². The minimum absolute atomic E-state index is 0.0685. The summed E-state index contributed by atoms with van der Waals surface area (Å²) < 4.78 is 13.3. The lowest BCUT2D eigenvalue weighted by atomic mass is 10.1. The lowest BCUT2D eigenvalue weighted by molar-refractivity contribution is -0.119. The SMILES string of the molecule is CCCC(C)Oc1ccc(C(=O)Nc2ccc3nc(SCC(=O)NC(C)c4ccccc4O)sc3c2)c(OC)c1C. The van der Waals surface area contributed by atoms with Crippen LogP contribution in [0, 0.1) is 6.92 Å². The molecule has 0 fully saturated rings. The second kappa shape index (κ2) is 13.7. The number of carbonyl (C=O) groups excluding carboxylic acids is 2. The second-order valence-electron chi connectivity index (χ2n) is 9.74. The molecule has 0 bridgehead atoms. The number of methoxy groups -OCH3 is 1. The monoisotopic (exact) mass is 593 g/mol. The lowest BCUT2D eigenvalue weighted by Crippen LogP contribution is -2.28. The second-order valence-corrected chi connectivity index (χ2v) is 12.0. The molecule has 4 aromatic rings. The Morgan fingerprint density at radius 2 is 1.90 bits per heavy atom. The predicted molar refractivity (Wildman–Crippen MR) is 166 cm³/mol. The molecule has 0 aliphatic heterocycles. The van der Waals surface area contributed by atoms with E-state index in [1.807, 2.05) is 45.0 Å². The van der Waals surface area contributed by atoms with Crippen LogP contribution in [0.1, 0.15) is 61.1 Å². The van der Waals surface area contributed by atoms with E-state index in [2.05, 4.69) is 22.5 Å². The number of nitrogens with zero attached hydrogens (tertiary/aromatic N) is 1. The Hall–Kier alpha value is -3.76. The van der Waals surface area contributed by atoms with Crippen LogP contribution in [0.2, 0.25) is 0 Å². The normalized spacial score (nSPS) is 12.5. The molecule has 3 N–H and O–H groups in total. The third kappa shape index (κ3) is 7.51. The molecule has 2 unspecified atom stereocenters. The highest BCUT2D eigenvalue weighted by atomic mass is 32.2. The number of hydrogen-bond acceptors (Lipinski definition) is 8. The maximum Gasteiger partial charge on any atom is 0.259 e. The quantitative estimate of drug-likeness (QED) is 0.150. The van der Waals surface area contributed by atoms with Crippen LogP contribution in [0.4, 0.5) is 5.69 Å². The molecule has 0 saturated carbocycles. The number of hydrogen-bond donors (Lipinski definition) is 3. The van der Waals surface area contributed by atoms with Gasteiger partial charge in [-0.25, -0.2) is 4.98 Å². The van der Waals surface area contributed by atoms with E-state index in [-0.39, 0.29) is 35.5 Å². The molecule has 10 heteroatoms. The van der Waals surface area contributed by atoms with Crippen LogP contribution in [0.15, 0.2) is 58.9 Å². The number of thioether (sulfide) groups is 1. The maximum absolute atomic E-state index is 13.2. The molecule has 0 aliphatic carbocycles. The van der Waals surface area contributed by atoms with E-state index in [4.69, 9.17) is 9.47 Å². The van der Waals surface area contributed by atoms with Gasteiger partial charge in [0, 0.05) is 16.8 Å². The Morgan fingerprint density at radius 1 is 1.12 bits per heavy atom. The highest BCUT2D eigenvalue weighted by Crippen LogP contribution is 2.34. The van der Waals surface area contributed by atoms with Crippen molar-refractivity contribution in [2.24, 2.45) is 0 Å². The number of aromatic nitrogens is 1. The smallest absolute Gasteiger partial charge is 0.259 e. The topological polar surface area (TPSA) is 110 Å². The molecule has 2 atom stereocenters. The molecule has 4 rings (SSSR count). The first-order chi connectivity index (χ1) is 19.7. The fourth-order valence-electron chi connectivity index (χ4n) is 4.51. The molecule has 0 aliphatic rings. The predicted octanol–water partition coefficient (Wildman–Crippen LogP) is 7.11. The van der Waals surface area contributed by atoms with Crippen molar-refractivity contribution in [3.05, 3.63) is 71.3 Å². The molecular weight excluding hydrogens is 558 g/mol. The third-order valence-electron chi connectivity index (χ3n) is 6.56. The first-order valence-corrected chi connectivity index (χ1v) is 15.3. The number of anilines is 1. The summed E-state index contributed by atoms with van der Waals surface area (Å²) >= 11 is 2.80. The zero-order chi connectivity index (χ0) is 29.5. The fraction of sp³-hybridized carbons (Fsp3) is 0.323. The van der Waals surface area contributed by atoms with Crippen LogP contribution in [0.5, 0.6) is 17.2 Å². The van der Waals surface area contributed by atoms with Crippen molar-refractivity contribution >= 4 is 50.8 Å². The summed E-state index contributed by atoms with van der Waals surface area (Å²) in [5.41, 5.74) is 3.29. The summed E-state index contributed by atoms with van der Waals surface area (Å²) in [4.78, 5) is 30.3. The maximum atomic E-state index is 13.2. The van der Waals surface area contributed by atoms with Crippen LogP contribution in [0.3, 0.4) is 0 Å². The molecule has 1 aromatic heterocycles. The molecule has 216 valence electrons. The van der Waals surface area contributed by atoms with Gasteiger partial charge in [0.1, 0.15) is 17.2 Å². The van der Waals surface area contributed by atoms with E-state index in [1.54, 1.807) is 37.4 Å².